The van der Waals surface area contributed by atoms with Crippen molar-refractivity contribution in [3.8, 4) is 16.8 Å². The summed E-state index contributed by atoms with van der Waals surface area (Å²) >= 11 is 1.07. The molecular weight excluding hydrogens is 440 g/mol. The van der Waals surface area contributed by atoms with Crippen molar-refractivity contribution in [3.63, 3.8) is 0 Å². The summed E-state index contributed by atoms with van der Waals surface area (Å²) < 4.78 is 2.20. The average molecular weight is 471 g/mol. The van der Waals surface area contributed by atoms with Crippen LogP contribution in [0.15, 0.2) is 65.6 Å². The number of carbonyl (C=O) groups excluding carboxylic acids is 2. The van der Waals surface area contributed by atoms with Gasteiger partial charge in [-0.05, 0) is 85.3 Å². The van der Waals surface area contributed by atoms with Gasteiger partial charge in [-0.15, -0.1) is 0 Å². The van der Waals surface area contributed by atoms with Crippen LogP contribution in [0, 0.1) is 19.8 Å². The zero-order valence-electron chi connectivity index (χ0n) is 19.8. The second-order valence-electron chi connectivity index (χ2n) is 9.37. The van der Waals surface area contributed by atoms with E-state index in [1.54, 1.807) is 0 Å². The molecule has 0 bridgehead atoms. The maximum Gasteiger partial charge on any atom is 0.293 e. The van der Waals surface area contributed by atoms with Gasteiger partial charge < -0.3 is 4.57 Å². The lowest BCUT2D eigenvalue weighted by Gasteiger charge is -2.25. The first-order valence-corrected chi connectivity index (χ1v) is 12.9. The van der Waals surface area contributed by atoms with Crippen molar-refractivity contribution in [2.45, 2.75) is 46.0 Å². The molecule has 2 fully saturated rings. The molecule has 1 saturated heterocycles. The summed E-state index contributed by atoms with van der Waals surface area (Å²) in [7, 11) is 0. The normalized spacial score (nSPS) is 18.3. The van der Waals surface area contributed by atoms with Crippen LogP contribution in [-0.2, 0) is 4.79 Å². The van der Waals surface area contributed by atoms with Gasteiger partial charge in [0, 0.05) is 23.6 Å². The van der Waals surface area contributed by atoms with E-state index in [9.17, 15) is 9.59 Å². The van der Waals surface area contributed by atoms with Gasteiger partial charge in [-0.1, -0.05) is 61.7 Å². The van der Waals surface area contributed by atoms with Crippen LogP contribution in [0.1, 0.15) is 49.1 Å². The lowest BCUT2D eigenvalue weighted by atomic mass is 9.89. The minimum absolute atomic E-state index is 0.132. The number of hydrogen-bond acceptors (Lipinski definition) is 3. The standard InChI is InChI=1S/C29H30N2O2S/c1-20-17-25(18-27-28(32)30(29(33)34-27)19-22-9-5-3-6-10-22)21(2)31(20)26-15-13-24(14-16-26)23-11-7-4-8-12-23/h4,7-8,11-18,22H,3,5-6,9-10,19H2,1-2H3/b27-18-. The summed E-state index contributed by atoms with van der Waals surface area (Å²) in [6.45, 7) is 4.70. The molecule has 2 heterocycles. The van der Waals surface area contributed by atoms with E-state index in [0.29, 0.717) is 17.4 Å². The fourth-order valence-corrected chi connectivity index (χ4v) is 6.03. The molecule has 5 rings (SSSR count). The van der Waals surface area contributed by atoms with Gasteiger partial charge in [-0.2, -0.15) is 0 Å². The summed E-state index contributed by atoms with van der Waals surface area (Å²) in [5.41, 5.74) is 6.59. The van der Waals surface area contributed by atoms with Crippen molar-refractivity contribution in [1.29, 1.82) is 0 Å². The van der Waals surface area contributed by atoms with Crippen LogP contribution in [0.3, 0.4) is 0 Å². The number of aryl methyl sites for hydroxylation is 1. The monoisotopic (exact) mass is 470 g/mol. The highest BCUT2D eigenvalue weighted by Crippen LogP contribution is 2.36. The van der Waals surface area contributed by atoms with Gasteiger partial charge >= 0.3 is 0 Å². The molecule has 3 aromatic rings. The second-order valence-corrected chi connectivity index (χ2v) is 10.4. The molecule has 1 saturated carbocycles. The summed E-state index contributed by atoms with van der Waals surface area (Å²) in [4.78, 5) is 27.7. The summed E-state index contributed by atoms with van der Waals surface area (Å²) in [6, 6.07) is 21.0. The Morgan fingerprint density at radius 1 is 0.912 bits per heavy atom. The fraction of sp³-hybridized carbons (Fsp3) is 0.310. The van der Waals surface area contributed by atoms with E-state index in [2.05, 4.69) is 60.9 Å². The Hall–Kier alpha value is -3.05. The van der Waals surface area contributed by atoms with Crippen LogP contribution in [0.5, 0.6) is 0 Å². The van der Waals surface area contributed by atoms with E-state index in [4.69, 9.17) is 0 Å². The van der Waals surface area contributed by atoms with E-state index in [-0.39, 0.29) is 11.1 Å². The predicted molar refractivity (Wildman–Crippen MR) is 140 cm³/mol. The van der Waals surface area contributed by atoms with Gasteiger partial charge in [-0.3, -0.25) is 14.5 Å². The summed E-state index contributed by atoms with van der Waals surface area (Å²) in [5, 5.41) is -0.132. The Bertz CT molecular complexity index is 1240. The number of rotatable bonds is 5. The maximum atomic E-state index is 13.0. The highest BCUT2D eigenvalue weighted by molar-refractivity contribution is 8.18. The summed E-state index contributed by atoms with van der Waals surface area (Å²) in [5.74, 6) is 0.308. The number of amides is 2. The van der Waals surface area contributed by atoms with Crippen molar-refractivity contribution in [2.75, 3.05) is 6.54 Å². The molecule has 0 spiro atoms. The lowest BCUT2D eigenvalue weighted by Crippen LogP contribution is -2.34. The topological polar surface area (TPSA) is 42.3 Å². The first-order chi connectivity index (χ1) is 16.5. The molecule has 4 nitrogen and oxygen atoms in total. The first-order valence-electron chi connectivity index (χ1n) is 12.1. The summed E-state index contributed by atoms with van der Waals surface area (Å²) in [6.07, 6.45) is 7.80. The van der Waals surface area contributed by atoms with E-state index in [0.717, 1.165) is 47.2 Å². The van der Waals surface area contributed by atoms with E-state index in [1.807, 2.05) is 24.3 Å². The van der Waals surface area contributed by atoms with Crippen LogP contribution >= 0.6 is 11.8 Å². The minimum Gasteiger partial charge on any atom is -0.318 e. The van der Waals surface area contributed by atoms with Gasteiger partial charge in [0.05, 0.1) is 4.91 Å². The van der Waals surface area contributed by atoms with Gasteiger partial charge in [0.25, 0.3) is 11.1 Å². The molecule has 2 amide bonds. The van der Waals surface area contributed by atoms with Crippen molar-refractivity contribution in [3.05, 3.63) is 82.5 Å². The molecule has 1 aliphatic heterocycles. The maximum absolute atomic E-state index is 13.0. The Balaban J connectivity index is 1.38. The number of benzene rings is 2. The fourth-order valence-electron chi connectivity index (χ4n) is 5.19. The number of nitrogens with zero attached hydrogens (tertiary/aromatic N) is 2. The number of imide groups is 1. The first kappa shape index (κ1) is 22.7. The minimum atomic E-state index is -0.141. The van der Waals surface area contributed by atoms with Gasteiger partial charge in [0.15, 0.2) is 0 Å². The van der Waals surface area contributed by atoms with Crippen LogP contribution in [-0.4, -0.2) is 27.2 Å². The largest absolute Gasteiger partial charge is 0.318 e. The van der Waals surface area contributed by atoms with Crippen molar-refractivity contribution in [2.24, 2.45) is 5.92 Å². The number of aromatic nitrogens is 1. The highest BCUT2D eigenvalue weighted by atomic mass is 32.2. The SMILES string of the molecule is Cc1cc(/C=C2\SC(=O)N(CC3CCCCC3)C2=O)c(C)n1-c1ccc(-c2ccccc2)cc1. The zero-order valence-corrected chi connectivity index (χ0v) is 20.6. The van der Waals surface area contributed by atoms with Gasteiger partial charge in [-0.25, -0.2) is 0 Å². The molecule has 0 unspecified atom stereocenters. The molecule has 174 valence electrons. The molecule has 2 aromatic carbocycles. The molecule has 34 heavy (non-hydrogen) atoms. The van der Waals surface area contributed by atoms with Crippen LogP contribution in [0.25, 0.3) is 22.9 Å². The van der Waals surface area contributed by atoms with E-state index < -0.39 is 0 Å². The van der Waals surface area contributed by atoms with Crippen molar-refractivity contribution >= 4 is 29.0 Å². The quantitative estimate of drug-likeness (QED) is 0.365. The number of hydrogen-bond donors (Lipinski definition) is 0. The zero-order chi connectivity index (χ0) is 23.7. The second kappa shape index (κ2) is 9.67. The Morgan fingerprint density at radius 2 is 1.59 bits per heavy atom. The van der Waals surface area contributed by atoms with Gasteiger partial charge in [0.1, 0.15) is 0 Å². The third-order valence-corrected chi connectivity index (χ3v) is 7.94. The Labute approximate surface area is 205 Å². The third kappa shape index (κ3) is 4.49. The van der Waals surface area contributed by atoms with Crippen LogP contribution < -0.4 is 0 Å². The number of thioether (sulfide) groups is 1. The van der Waals surface area contributed by atoms with E-state index in [1.165, 1.54) is 35.3 Å². The Kier molecular flexibility index (Phi) is 6.46. The molecular formula is C29H30N2O2S. The van der Waals surface area contributed by atoms with Crippen LogP contribution in [0.4, 0.5) is 4.79 Å². The molecule has 0 atom stereocenters. The van der Waals surface area contributed by atoms with Crippen molar-refractivity contribution in [1.82, 2.24) is 9.47 Å². The molecule has 0 N–H and O–H groups in total. The molecule has 0 radical (unpaired) electrons. The average Bonchev–Trinajstić information content (AvgIpc) is 3.29. The van der Waals surface area contributed by atoms with E-state index >= 15 is 0 Å². The third-order valence-electron chi connectivity index (χ3n) is 7.03. The predicted octanol–water partition coefficient (Wildman–Crippen LogP) is 7.38. The van der Waals surface area contributed by atoms with Gasteiger partial charge in [0.2, 0.25) is 0 Å². The number of carbonyl (C=O) groups is 2. The molecule has 1 aliphatic carbocycles. The van der Waals surface area contributed by atoms with Crippen molar-refractivity contribution < 1.29 is 9.59 Å². The molecule has 2 aliphatic rings. The molecule has 1 aromatic heterocycles. The molecule has 5 heteroatoms. The highest BCUT2D eigenvalue weighted by Gasteiger charge is 2.36. The lowest BCUT2D eigenvalue weighted by molar-refractivity contribution is -0.123. The smallest absolute Gasteiger partial charge is 0.293 e. The Morgan fingerprint density at radius 3 is 2.29 bits per heavy atom. The van der Waals surface area contributed by atoms with Crippen LogP contribution in [0.2, 0.25) is 0 Å².